The first-order chi connectivity index (χ1) is 7.75. The first-order valence-electron chi connectivity index (χ1n) is 6.12. The summed E-state index contributed by atoms with van der Waals surface area (Å²) in [6.07, 6.45) is 1.26. The molecule has 2 heteroatoms. The molecule has 0 aromatic heterocycles. The monoisotopic (exact) mass is 237 g/mol. The normalized spacial score (nSPS) is 12.7. The van der Waals surface area contributed by atoms with Gasteiger partial charge in [0.15, 0.2) is 0 Å². The van der Waals surface area contributed by atoms with Crippen LogP contribution in [-0.2, 0) is 0 Å². The summed E-state index contributed by atoms with van der Waals surface area (Å²) in [7, 11) is 0. The number of benzene rings is 1. The highest BCUT2D eigenvalue weighted by atomic mass is 32.2. The Balaban J connectivity index is 2.30. The van der Waals surface area contributed by atoms with Crippen LogP contribution in [-0.4, -0.2) is 18.1 Å². The Labute approximate surface area is 104 Å². The van der Waals surface area contributed by atoms with Gasteiger partial charge < -0.3 is 5.32 Å². The van der Waals surface area contributed by atoms with E-state index in [1.807, 2.05) is 11.8 Å². The van der Waals surface area contributed by atoms with Crippen LogP contribution in [0.5, 0.6) is 0 Å². The average molecular weight is 237 g/mol. The number of hydrogen-bond donors (Lipinski definition) is 1. The minimum Gasteiger partial charge on any atom is -0.310 e. The van der Waals surface area contributed by atoms with Gasteiger partial charge in [0.1, 0.15) is 0 Å². The Hall–Kier alpha value is -0.470. The fraction of sp³-hybridized carbons (Fsp3) is 0.571. The van der Waals surface area contributed by atoms with Crippen molar-refractivity contribution in [3.63, 3.8) is 0 Å². The standard InChI is InChI=1S/C14H23NS/c1-4-16-11-7-10-15-13(3)14-9-6-5-8-12(14)2/h5-6,8-9,13,15H,4,7,10-11H2,1-3H3/t13-/m0/s1. The third kappa shape index (κ3) is 4.58. The van der Waals surface area contributed by atoms with Crippen molar-refractivity contribution in [2.45, 2.75) is 33.2 Å². The van der Waals surface area contributed by atoms with Gasteiger partial charge in [0.05, 0.1) is 0 Å². The van der Waals surface area contributed by atoms with Crippen LogP contribution < -0.4 is 5.32 Å². The second-order valence-corrected chi connectivity index (χ2v) is 5.48. The van der Waals surface area contributed by atoms with E-state index in [1.165, 1.54) is 29.1 Å². The SMILES string of the molecule is CCSCCCN[C@@H](C)c1ccccc1C. The number of nitrogens with one attached hydrogen (secondary N) is 1. The van der Waals surface area contributed by atoms with Gasteiger partial charge in [-0.2, -0.15) is 11.8 Å². The molecule has 1 rings (SSSR count). The van der Waals surface area contributed by atoms with Crippen molar-refractivity contribution >= 4 is 11.8 Å². The van der Waals surface area contributed by atoms with Gasteiger partial charge in [-0.15, -0.1) is 0 Å². The predicted octanol–water partition coefficient (Wildman–Crippen LogP) is 3.79. The second kappa shape index (κ2) is 7.75. The Morgan fingerprint density at radius 3 is 2.75 bits per heavy atom. The lowest BCUT2D eigenvalue weighted by Crippen LogP contribution is -2.21. The molecule has 0 aliphatic rings. The zero-order chi connectivity index (χ0) is 11.8. The average Bonchev–Trinajstić information content (AvgIpc) is 2.29. The molecule has 90 valence electrons. The lowest BCUT2D eigenvalue weighted by atomic mass is 10.0. The van der Waals surface area contributed by atoms with Crippen molar-refractivity contribution in [3.8, 4) is 0 Å². The van der Waals surface area contributed by atoms with Gasteiger partial charge in [0.2, 0.25) is 0 Å². The number of aryl methyl sites for hydroxylation is 1. The highest BCUT2D eigenvalue weighted by molar-refractivity contribution is 7.99. The van der Waals surface area contributed by atoms with Gasteiger partial charge in [0, 0.05) is 6.04 Å². The van der Waals surface area contributed by atoms with Crippen molar-refractivity contribution in [1.29, 1.82) is 0 Å². The zero-order valence-corrected chi connectivity index (χ0v) is 11.4. The maximum Gasteiger partial charge on any atom is 0.0294 e. The minimum absolute atomic E-state index is 0.466. The summed E-state index contributed by atoms with van der Waals surface area (Å²) in [5.41, 5.74) is 2.80. The third-order valence-electron chi connectivity index (χ3n) is 2.78. The molecule has 0 radical (unpaired) electrons. The van der Waals surface area contributed by atoms with Gasteiger partial charge in [0.25, 0.3) is 0 Å². The largest absolute Gasteiger partial charge is 0.310 e. The summed E-state index contributed by atoms with van der Waals surface area (Å²) in [4.78, 5) is 0. The summed E-state index contributed by atoms with van der Waals surface area (Å²) < 4.78 is 0. The lowest BCUT2D eigenvalue weighted by molar-refractivity contribution is 0.570. The summed E-state index contributed by atoms with van der Waals surface area (Å²) in [6.45, 7) is 7.76. The van der Waals surface area contributed by atoms with Crippen molar-refractivity contribution in [2.75, 3.05) is 18.1 Å². The molecule has 0 heterocycles. The quantitative estimate of drug-likeness (QED) is 0.724. The van der Waals surface area contributed by atoms with Crippen LogP contribution in [0.4, 0.5) is 0 Å². The predicted molar refractivity (Wildman–Crippen MR) is 75.2 cm³/mol. The summed E-state index contributed by atoms with van der Waals surface area (Å²) >= 11 is 2.02. The Bertz CT molecular complexity index is 299. The minimum atomic E-state index is 0.466. The lowest BCUT2D eigenvalue weighted by Gasteiger charge is -2.16. The molecule has 0 fully saturated rings. The van der Waals surface area contributed by atoms with Gasteiger partial charge in [-0.3, -0.25) is 0 Å². The number of hydrogen-bond acceptors (Lipinski definition) is 2. The van der Waals surface area contributed by atoms with E-state index < -0.39 is 0 Å². The first kappa shape index (κ1) is 13.6. The van der Waals surface area contributed by atoms with Gasteiger partial charge >= 0.3 is 0 Å². The molecule has 0 aliphatic carbocycles. The van der Waals surface area contributed by atoms with E-state index in [1.54, 1.807) is 0 Å². The van der Waals surface area contributed by atoms with Gasteiger partial charge in [-0.05, 0) is 49.4 Å². The van der Waals surface area contributed by atoms with Crippen LogP contribution in [0.3, 0.4) is 0 Å². The molecule has 0 unspecified atom stereocenters. The fourth-order valence-electron chi connectivity index (χ4n) is 1.82. The van der Waals surface area contributed by atoms with Crippen molar-refractivity contribution in [1.82, 2.24) is 5.32 Å². The molecule has 0 amide bonds. The van der Waals surface area contributed by atoms with Gasteiger partial charge in [-0.1, -0.05) is 31.2 Å². The number of thioether (sulfide) groups is 1. The molecule has 0 aliphatic heterocycles. The molecule has 0 bridgehead atoms. The van der Waals surface area contributed by atoms with E-state index in [4.69, 9.17) is 0 Å². The molecular formula is C14H23NS. The van der Waals surface area contributed by atoms with Crippen LogP contribution in [0.2, 0.25) is 0 Å². The van der Waals surface area contributed by atoms with Crippen molar-refractivity contribution in [3.05, 3.63) is 35.4 Å². The number of rotatable bonds is 7. The summed E-state index contributed by atoms with van der Waals surface area (Å²) in [6, 6.07) is 9.08. The molecular weight excluding hydrogens is 214 g/mol. The highest BCUT2D eigenvalue weighted by Gasteiger charge is 2.05. The van der Waals surface area contributed by atoms with E-state index in [2.05, 4.69) is 50.4 Å². The van der Waals surface area contributed by atoms with Crippen LogP contribution in [0.25, 0.3) is 0 Å². The van der Waals surface area contributed by atoms with E-state index in [0.29, 0.717) is 6.04 Å². The molecule has 0 saturated heterocycles. The molecule has 1 aromatic rings. The first-order valence-corrected chi connectivity index (χ1v) is 7.27. The topological polar surface area (TPSA) is 12.0 Å². The molecule has 1 N–H and O–H groups in total. The Morgan fingerprint density at radius 1 is 1.31 bits per heavy atom. The molecule has 16 heavy (non-hydrogen) atoms. The molecule has 1 atom stereocenters. The Kier molecular flexibility index (Phi) is 6.58. The van der Waals surface area contributed by atoms with E-state index >= 15 is 0 Å². The molecule has 0 saturated carbocycles. The van der Waals surface area contributed by atoms with E-state index in [-0.39, 0.29) is 0 Å². The summed E-state index contributed by atoms with van der Waals surface area (Å²) in [5.74, 6) is 2.50. The van der Waals surface area contributed by atoms with Crippen molar-refractivity contribution < 1.29 is 0 Å². The van der Waals surface area contributed by atoms with Crippen molar-refractivity contribution in [2.24, 2.45) is 0 Å². The van der Waals surface area contributed by atoms with Crippen LogP contribution >= 0.6 is 11.8 Å². The maximum atomic E-state index is 3.59. The third-order valence-corrected chi connectivity index (χ3v) is 3.76. The van der Waals surface area contributed by atoms with Crippen LogP contribution in [0, 0.1) is 6.92 Å². The summed E-state index contributed by atoms with van der Waals surface area (Å²) in [5, 5.41) is 3.59. The maximum absolute atomic E-state index is 3.59. The second-order valence-electron chi connectivity index (χ2n) is 4.08. The van der Waals surface area contributed by atoms with E-state index in [9.17, 15) is 0 Å². The highest BCUT2D eigenvalue weighted by Crippen LogP contribution is 2.16. The molecule has 0 spiro atoms. The smallest absolute Gasteiger partial charge is 0.0294 e. The fourth-order valence-corrected chi connectivity index (χ4v) is 2.46. The molecule has 1 nitrogen and oxygen atoms in total. The van der Waals surface area contributed by atoms with Crippen LogP contribution in [0.15, 0.2) is 24.3 Å². The van der Waals surface area contributed by atoms with E-state index in [0.717, 1.165) is 6.54 Å². The zero-order valence-electron chi connectivity index (χ0n) is 10.6. The van der Waals surface area contributed by atoms with Gasteiger partial charge in [-0.25, -0.2) is 0 Å². The molecule has 1 aromatic carbocycles. The Morgan fingerprint density at radius 2 is 2.06 bits per heavy atom. The van der Waals surface area contributed by atoms with Crippen LogP contribution in [0.1, 0.15) is 37.4 Å².